The second-order valence-corrected chi connectivity index (χ2v) is 3.81. The van der Waals surface area contributed by atoms with Crippen molar-refractivity contribution < 1.29 is 4.79 Å². The third-order valence-electron chi connectivity index (χ3n) is 2.77. The Bertz CT molecular complexity index is 410. The lowest BCUT2D eigenvalue weighted by Crippen LogP contribution is -2.48. The first-order chi connectivity index (χ1) is 7.84. The molecule has 1 saturated carbocycles. The molecule has 0 aromatic heterocycles. The van der Waals surface area contributed by atoms with E-state index in [0.717, 1.165) is 11.6 Å². The number of anilines is 1. The Morgan fingerprint density at radius 3 is 2.56 bits per heavy atom. The van der Waals surface area contributed by atoms with E-state index < -0.39 is 0 Å². The lowest BCUT2D eigenvalue weighted by molar-refractivity contribution is 0.0939. The molecule has 1 atom stereocenters. The van der Waals surface area contributed by atoms with Crippen LogP contribution in [0.4, 0.5) is 5.69 Å². The van der Waals surface area contributed by atoms with E-state index in [1.54, 1.807) is 0 Å². The maximum Gasteiger partial charge on any atom is 0.254 e. The van der Waals surface area contributed by atoms with Gasteiger partial charge in [-0.1, -0.05) is 12.1 Å². The van der Waals surface area contributed by atoms with E-state index in [4.69, 9.17) is 0 Å². The molecular weight excluding hydrogens is 200 g/mol. The van der Waals surface area contributed by atoms with Gasteiger partial charge in [-0.15, -0.1) is 0 Å². The van der Waals surface area contributed by atoms with Gasteiger partial charge in [-0.25, -0.2) is 0 Å². The van der Waals surface area contributed by atoms with Crippen LogP contribution in [0.3, 0.4) is 0 Å². The van der Waals surface area contributed by atoms with E-state index >= 15 is 0 Å². The zero-order chi connectivity index (χ0) is 11.0. The molecule has 3 nitrogen and oxygen atoms in total. The summed E-state index contributed by atoms with van der Waals surface area (Å²) in [6, 6.07) is 7.53. The fourth-order valence-electron chi connectivity index (χ4n) is 1.96. The first-order valence-corrected chi connectivity index (χ1v) is 5.22. The van der Waals surface area contributed by atoms with Crippen molar-refractivity contribution in [2.24, 2.45) is 0 Å². The van der Waals surface area contributed by atoms with Crippen LogP contribution in [0, 0.1) is 31.6 Å². The maximum atomic E-state index is 11.8. The summed E-state index contributed by atoms with van der Waals surface area (Å²) in [7, 11) is 0. The molecule has 2 N–H and O–H groups in total. The number of carbonyl (C=O) groups excluding carboxylic acids is 1. The van der Waals surface area contributed by atoms with E-state index in [9.17, 15) is 4.79 Å². The summed E-state index contributed by atoms with van der Waals surface area (Å²) in [5, 5.41) is 6.22. The van der Waals surface area contributed by atoms with Gasteiger partial charge in [-0.3, -0.25) is 4.79 Å². The molecule has 1 aliphatic heterocycles. The van der Waals surface area contributed by atoms with Gasteiger partial charge in [0.15, 0.2) is 0 Å². The molecule has 0 bridgehead atoms. The molecular formula is C13H11N2O. The molecule has 1 heterocycles. The molecule has 2 aliphatic rings. The monoisotopic (exact) mass is 211 g/mol. The van der Waals surface area contributed by atoms with E-state index in [1.807, 2.05) is 49.9 Å². The molecule has 1 aromatic carbocycles. The van der Waals surface area contributed by atoms with Gasteiger partial charge in [0, 0.05) is 11.6 Å². The summed E-state index contributed by atoms with van der Waals surface area (Å²) in [6.07, 6.45) is 7.78. The number of benzene rings is 1. The van der Waals surface area contributed by atoms with Crippen molar-refractivity contribution in [3.05, 3.63) is 61.4 Å². The number of fused-ring (bicyclic) bond motifs is 1. The van der Waals surface area contributed by atoms with E-state index in [2.05, 4.69) is 10.6 Å². The van der Waals surface area contributed by atoms with Crippen molar-refractivity contribution in [1.82, 2.24) is 5.32 Å². The summed E-state index contributed by atoms with van der Waals surface area (Å²) in [6.45, 7) is 0. The van der Waals surface area contributed by atoms with Gasteiger partial charge in [0.25, 0.3) is 5.91 Å². The Labute approximate surface area is 95.2 Å². The van der Waals surface area contributed by atoms with Gasteiger partial charge >= 0.3 is 0 Å². The van der Waals surface area contributed by atoms with Gasteiger partial charge in [0.2, 0.25) is 0 Å². The number of para-hydroxylation sites is 1. The Kier molecular flexibility index (Phi) is 2.31. The van der Waals surface area contributed by atoms with Gasteiger partial charge < -0.3 is 10.6 Å². The van der Waals surface area contributed by atoms with Gasteiger partial charge in [0.1, 0.15) is 6.17 Å². The number of hydrogen-bond donors (Lipinski definition) is 2. The first kappa shape index (κ1) is 9.70. The van der Waals surface area contributed by atoms with Crippen LogP contribution in [0.2, 0.25) is 0 Å². The normalized spacial score (nSPS) is 24.8. The second-order valence-electron chi connectivity index (χ2n) is 3.81. The van der Waals surface area contributed by atoms with Crippen LogP contribution in [0.25, 0.3) is 0 Å². The van der Waals surface area contributed by atoms with Crippen LogP contribution in [-0.2, 0) is 0 Å². The minimum Gasteiger partial charge on any atom is -0.364 e. The molecule has 1 unspecified atom stereocenters. The third kappa shape index (κ3) is 1.56. The van der Waals surface area contributed by atoms with Crippen LogP contribution >= 0.6 is 0 Å². The first-order valence-electron chi connectivity index (χ1n) is 5.22. The highest BCUT2D eigenvalue weighted by Crippen LogP contribution is 2.30. The molecule has 1 aliphatic carbocycles. The zero-order valence-corrected chi connectivity index (χ0v) is 8.60. The Morgan fingerprint density at radius 2 is 1.75 bits per heavy atom. The highest BCUT2D eigenvalue weighted by Gasteiger charge is 2.31. The number of carbonyl (C=O) groups is 1. The van der Waals surface area contributed by atoms with Gasteiger partial charge in [0.05, 0.1) is 5.56 Å². The quantitative estimate of drug-likeness (QED) is 0.740. The highest BCUT2D eigenvalue weighted by molar-refractivity contribution is 6.01. The number of nitrogens with one attached hydrogen (secondary N) is 2. The average molecular weight is 211 g/mol. The van der Waals surface area contributed by atoms with Crippen molar-refractivity contribution in [2.45, 2.75) is 6.17 Å². The van der Waals surface area contributed by atoms with Gasteiger partial charge in [-0.05, 0) is 37.8 Å². The second kappa shape index (κ2) is 3.81. The summed E-state index contributed by atoms with van der Waals surface area (Å²) >= 11 is 0. The van der Waals surface area contributed by atoms with Crippen molar-refractivity contribution in [3.8, 4) is 0 Å². The highest BCUT2D eigenvalue weighted by atomic mass is 16.2. The molecule has 5 radical (unpaired) electrons. The Morgan fingerprint density at radius 1 is 1.00 bits per heavy atom. The van der Waals surface area contributed by atoms with Crippen molar-refractivity contribution in [3.63, 3.8) is 0 Å². The average Bonchev–Trinajstić information content (AvgIpc) is 2.82. The summed E-state index contributed by atoms with van der Waals surface area (Å²) in [5.74, 6) is 1.04. The van der Waals surface area contributed by atoms with Crippen LogP contribution in [0.15, 0.2) is 24.3 Å². The predicted molar refractivity (Wildman–Crippen MR) is 61.8 cm³/mol. The molecule has 79 valence electrons. The van der Waals surface area contributed by atoms with Crippen LogP contribution in [0.5, 0.6) is 0 Å². The number of hydrogen-bond acceptors (Lipinski definition) is 2. The van der Waals surface area contributed by atoms with Crippen molar-refractivity contribution in [2.75, 3.05) is 5.32 Å². The Hall–Kier alpha value is -1.51. The predicted octanol–water partition coefficient (Wildman–Crippen LogP) is 1.57. The fraction of sp³-hybridized carbons (Fsp3) is 0.0769. The zero-order valence-electron chi connectivity index (χ0n) is 8.60. The number of amides is 1. The summed E-state index contributed by atoms with van der Waals surface area (Å²) < 4.78 is 0. The SMILES string of the molecule is O=C1NC([C]2[CH][CH][CH][CH]2)Nc2ccccc21. The molecule has 16 heavy (non-hydrogen) atoms. The maximum absolute atomic E-state index is 11.8. The minimum absolute atomic E-state index is 0.0273. The lowest BCUT2D eigenvalue weighted by atomic mass is 10.0. The summed E-state index contributed by atoms with van der Waals surface area (Å²) in [4.78, 5) is 11.8. The van der Waals surface area contributed by atoms with E-state index in [0.29, 0.717) is 5.56 Å². The molecule has 3 rings (SSSR count). The molecule has 3 heteroatoms. The van der Waals surface area contributed by atoms with Crippen LogP contribution in [0.1, 0.15) is 10.4 Å². The molecule has 0 saturated heterocycles. The largest absolute Gasteiger partial charge is 0.364 e. The molecule has 1 aromatic rings. The lowest BCUT2D eigenvalue weighted by Gasteiger charge is -2.31. The third-order valence-corrected chi connectivity index (χ3v) is 2.77. The van der Waals surface area contributed by atoms with Crippen LogP contribution < -0.4 is 10.6 Å². The van der Waals surface area contributed by atoms with Crippen molar-refractivity contribution in [1.29, 1.82) is 0 Å². The van der Waals surface area contributed by atoms with E-state index in [-0.39, 0.29) is 12.1 Å². The number of rotatable bonds is 1. The van der Waals surface area contributed by atoms with Crippen molar-refractivity contribution >= 4 is 11.6 Å². The minimum atomic E-state index is -0.127. The molecule has 1 amide bonds. The Balaban J connectivity index is 1.85. The standard InChI is InChI=1S/C13H11N2O/c16-13-10-7-3-4-8-11(10)14-12(15-13)9-5-1-2-6-9/h1-8,12,14H,(H,15,16). The molecule has 1 fully saturated rings. The fourth-order valence-corrected chi connectivity index (χ4v) is 1.96. The topological polar surface area (TPSA) is 41.1 Å². The van der Waals surface area contributed by atoms with Crippen LogP contribution in [-0.4, -0.2) is 12.1 Å². The summed E-state index contributed by atoms with van der Waals surface area (Å²) in [5.41, 5.74) is 1.59. The smallest absolute Gasteiger partial charge is 0.254 e. The van der Waals surface area contributed by atoms with E-state index in [1.165, 1.54) is 0 Å². The molecule has 0 spiro atoms. The van der Waals surface area contributed by atoms with Gasteiger partial charge in [-0.2, -0.15) is 0 Å².